The lowest BCUT2D eigenvalue weighted by atomic mass is 9.76. The summed E-state index contributed by atoms with van der Waals surface area (Å²) >= 11 is 0. The first kappa shape index (κ1) is 17.2. The first-order valence-corrected chi connectivity index (χ1v) is 9.82. The van der Waals surface area contributed by atoms with Crippen LogP contribution in [0, 0.1) is 11.3 Å². The molecule has 0 radical (unpaired) electrons. The Kier molecular flexibility index (Phi) is 5.97. The number of aliphatic hydroxyl groups excluding tert-OH is 1. The minimum absolute atomic E-state index is 0.110. The van der Waals surface area contributed by atoms with Gasteiger partial charge in [-0.25, -0.2) is 0 Å². The molecule has 2 saturated carbocycles. The van der Waals surface area contributed by atoms with Crippen molar-refractivity contribution in [2.45, 2.75) is 76.7 Å². The maximum Gasteiger partial charge on any atom is 0.221 e. The van der Waals surface area contributed by atoms with E-state index in [9.17, 15) is 9.90 Å². The molecule has 0 unspecified atom stereocenters. The summed E-state index contributed by atoms with van der Waals surface area (Å²) in [6.07, 6.45) is 13.0. The number of nitrogens with one attached hydrogen (secondary N) is 1. The Morgan fingerprint density at radius 3 is 2.61 bits per heavy atom. The monoisotopic (exact) mass is 322 g/mol. The highest BCUT2D eigenvalue weighted by Gasteiger charge is 2.39. The Morgan fingerprint density at radius 1 is 1.13 bits per heavy atom. The zero-order chi connectivity index (χ0) is 16.1. The van der Waals surface area contributed by atoms with Crippen LogP contribution in [0.25, 0.3) is 0 Å². The number of hydrogen-bond acceptors (Lipinski definition) is 3. The van der Waals surface area contributed by atoms with Crippen molar-refractivity contribution in [3.8, 4) is 0 Å². The maximum absolute atomic E-state index is 12.2. The van der Waals surface area contributed by atoms with Crippen LogP contribution in [0.5, 0.6) is 0 Å². The van der Waals surface area contributed by atoms with Gasteiger partial charge in [0.05, 0.1) is 0 Å². The number of rotatable bonds is 7. The van der Waals surface area contributed by atoms with Crippen molar-refractivity contribution >= 4 is 5.91 Å². The SMILES string of the molecule is O=C(CCN1CCC[C@](CO)(CC2CC2)C1)NC1CCCCC1. The van der Waals surface area contributed by atoms with Gasteiger partial charge in [0.25, 0.3) is 0 Å². The number of hydrogen-bond donors (Lipinski definition) is 2. The average molecular weight is 322 g/mol. The average Bonchev–Trinajstić information content (AvgIpc) is 3.38. The van der Waals surface area contributed by atoms with Gasteiger partial charge in [-0.3, -0.25) is 4.79 Å². The van der Waals surface area contributed by atoms with Gasteiger partial charge in [-0.2, -0.15) is 0 Å². The Balaban J connectivity index is 1.40. The van der Waals surface area contributed by atoms with Gasteiger partial charge in [-0.15, -0.1) is 0 Å². The normalized spacial score (nSPS) is 30.3. The molecule has 4 heteroatoms. The number of piperidine rings is 1. The number of likely N-dealkylation sites (tertiary alicyclic amines) is 1. The van der Waals surface area contributed by atoms with Crippen molar-refractivity contribution in [1.82, 2.24) is 10.2 Å². The van der Waals surface area contributed by atoms with E-state index in [1.54, 1.807) is 0 Å². The second-order valence-corrected chi connectivity index (χ2v) is 8.34. The van der Waals surface area contributed by atoms with Crippen molar-refractivity contribution < 1.29 is 9.90 Å². The summed E-state index contributed by atoms with van der Waals surface area (Å²) in [5.41, 5.74) is 0.110. The van der Waals surface area contributed by atoms with Gasteiger partial charge in [0.15, 0.2) is 0 Å². The Hall–Kier alpha value is -0.610. The number of carbonyl (C=O) groups excluding carboxylic acids is 1. The van der Waals surface area contributed by atoms with Gasteiger partial charge in [0.2, 0.25) is 5.91 Å². The standard InChI is InChI=1S/C19H34N2O2/c22-15-19(13-16-7-8-16)10-4-11-21(14-19)12-9-18(23)20-17-5-2-1-3-6-17/h16-17,22H,1-15H2,(H,20,23)/t19-/m0/s1. The van der Waals surface area contributed by atoms with E-state index in [4.69, 9.17) is 0 Å². The van der Waals surface area contributed by atoms with Gasteiger partial charge in [-0.1, -0.05) is 32.1 Å². The van der Waals surface area contributed by atoms with Crippen molar-refractivity contribution in [2.24, 2.45) is 11.3 Å². The van der Waals surface area contributed by atoms with E-state index in [1.165, 1.54) is 38.5 Å². The van der Waals surface area contributed by atoms with Gasteiger partial charge in [0, 0.05) is 37.6 Å². The molecule has 132 valence electrons. The summed E-state index contributed by atoms with van der Waals surface area (Å²) in [6.45, 7) is 3.24. The lowest BCUT2D eigenvalue weighted by molar-refractivity contribution is -0.122. The minimum Gasteiger partial charge on any atom is -0.396 e. The molecule has 0 bridgehead atoms. The van der Waals surface area contributed by atoms with Crippen molar-refractivity contribution in [3.05, 3.63) is 0 Å². The Bertz CT molecular complexity index is 391. The Morgan fingerprint density at radius 2 is 1.91 bits per heavy atom. The fourth-order valence-corrected chi connectivity index (χ4v) is 4.60. The van der Waals surface area contributed by atoms with E-state index < -0.39 is 0 Å². The van der Waals surface area contributed by atoms with Gasteiger partial charge >= 0.3 is 0 Å². The second-order valence-electron chi connectivity index (χ2n) is 8.34. The molecule has 3 rings (SSSR count). The third kappa shape index (κ3) is 5.18. The lowest BCUT2D eigenvalue weighted by Crippen LogP contribution is -2.47. The van der Waals surface area contributed by atoms with Crippen LogP contribution in [0.4, 0.5) is 0 Å². The maximum atomic E-state index is 12.2. The minimum atomic E-state index is 0.110. The molecule has 1 atom stereocenters. The molecule has 2 N–H and O–H groups in total. The van der Waals surface area contributed by atoms with Crippen LogP contribution in [0.2, 0.25) is 0 Å². The molecule has 4 nitrogen and oxygen atoms in total. The number of amides is 1. The molecule has 0 spiro atoms. The third-order valence-corrected chi connectivity index (χ3v) is 6.12. The molecule has 1 amide bonds. The molecule has 23 heavy (non-hydrogen) atoms. The van der Waals surface area contributed by atoms with Gasteiger partial charge in [0.1, 0.15) is 0 Å². The predicted octanol–water partition coefficient (Wildman–Crippen LogP) is 2.70. The molecular weight excluding hydrogens is 288 g/mol. The quantitative estimate of drug-likeness (QED) is 0.758. The summed E-state index contributed by atoms with van der Waals surface area (Å²) in [5, 5.41) is 13.1. The Labute approximate surface area is 141 Å². The van der Waals surface area contributed by atoms with Crippen LogP contribution in [0.1, 0.15) is 70.6 Å². The van der Waals surface area contributed by atoms with E-state index in [1.807, 2.05) is 0 Å². The van der Waals surface area contributed by atoms with Crippen LogP contribution < -0.4 is 5.32 Å². The molecule has 0 aromatic carbocycles. The summed E-state index contributed by atoms with van der Waals surface area (Å²) in [4.78, 5) is 14.6. The summed E-state index contributed by atoms with van der Waals surface area (Å²) in [7, 11) is 0. The highest BCUT2D eigenvalue weighted by molar-refractivity contribution is 5.76. The molecular formula is C19H34N2O2. The molecule has 0 aromatic heterocycles. The fraction of sp³-hybridized carbons (Fsp3) is 0.947. The topological polar surface area (TPSA) is 52.6 Å². The smallest absolute Gasteiger partial charge is 0.221 e. The number of nitrogens with zero attached hydrogens (tertiary/aromatic N) is 1. The summed E-state index contributed by atoms with van der Waals surface area (Å²) in [6, 6.07) is 0.420. The molecule has 3 fully saturated rings. The number of aliphatic hydroxyl groups is 1. The molecule has 1 aliphatic heterocycles. The van der Waals surface area contributed by atoms with Crippen molar-refractivity contribution in [2.75, 3.05) is 26.2 Å². The lowest BCUT2D eigenvalue weighted by Gasteiger charge is -2.42. The molecule has 0 aromatic rings. The van der Waals surface area contributed by atoms with Gasteiger partial charge in [-0.05, 0) is 44.6 Å². The number of carbonyl (C=O) groups is 1. The molecule has 3 aliphatic rings. The van der Waals surface area contributed by atoms with Crippen molar-refractivity contribution in [3.63, 3.8) is 0 Å². The highest BCUT2D eigenvalue weighted by atomic mass is 16.3. The van der Waals surface area contributed by atoms with Crippen LogP contribution in [-0.4, -0.2) is 48.2 Å². The van der Waals surface area contributed by atoms with Crippen LogP contribution in [-0.2, 0) is 4.79 Å². The first-order chi connectivity index (χ1) is 11.2. The zero-order valence-electron chi connectivity index (χ0n) is 14.6. The molecule has 1 saturated heterocycles. The molecule has 2 aliphatic carbocycles. The van der Waals surface area contributed by atoms with E-state index in [2.05, 4.69) is 10.2 Å². The van der Waals surface area contributed by atoms with Crippen LogP contribution >= 0.6 is 0 Å². The summed E-state index contributed by atoms with van der Waals surface area (Å²) in [5.74, 6) is 1.08. The van der Waals surface area contributed by atoms with Crippen LogP contribution in [0.15, 0.2) is 0 Å². The predicted molar refractivity (Wildman–Crippen MR) is 92.2 cm³/mol. The van der Waals surface area contributed by atoms with E-state index in [0.29, 0.717) is 19.1 Å². The summed E-state index contributed by atoms with van der Waals surface area (Å²) < 4.78 is 0. The van der Waals surface area contributed by atoms with E-state index in [-0.39, 0.29) is 11.3 Å². The van der Waals surface area contributed by atoms with E-state index >= 15 is 0 Å². The zero-order valence-corrected chi connectivity index (χ0v) is 14.6. The second kappa shape index (κ2) is 7.98. The van der Waals surface area contributed by atoms with Crippen molar-refractivity contribution in [1.29, 1.82) is 0 Å². The van der Waals surface area contributed by atoms with Crippen LogP contribution in [0.3, 0.4) is 0 Å². The molecule has 1 heterocycles. The fourth-order valence-electron chi connectivity index (χ4n) is 4.60. The largest absolute Gasteiger partial charge is 0.396 e. The highest BCUT2D eigenvalue weighted by Crippen LogP contribution is 2.44. The van der Waals surface area contributed by atoms with Gasteiger partial charge < -0.3 is 15.3 Å². The van der Waals surface area contributed by atoms with E-state index in [0.717, 1.165) is 51.2 Å². The third-order valence-electron chi connectivity index (χ3n) is 6.12. The first-order valence-electron chi connectivity index (χ1n) is 9.82.